The minimum Gasteiger partial charge on any atom is -0.302 e. The Labute approximate surface area is 158 Å². The molecular formula is C18H23N3O3S2. The van der Waals surface area contributed by atoms with Crippen molar-refractivity contribution in [2.75, 3.05) is 24.7 Å². The topological polar surface area (TPSA) is 79.4 Å². The molecule has 0 spiro atoms. The number of thiazole rings is 1. The lowest BCUT2D eigenvalue weighted by atomic mass is 9.99. The van der Waals surface area contributed by atoms with Gasteiger partial charge in [0.1, 0.15) is 0 Å². The van der Waals surface area contributed by atoms with Gasteiger partial charge in [-0.25, -0.2) is 17.7 Å². The van der Waals surface area contributed by atoms with Crippen LogP contribution in [0.3, 0.4) is 0 Å². The highest BCUT2D eigenvalue weighted by Crippen LogP contribution is 2.27. The van der Waals surface area contributed by atoms with Gasteiger partial charge in [-0.15, -0.1) is 11.3 Å². The number of aromatic nitrogens is 1. The second kappa shape index (κ2) is 7.46. The van der Waals surface area contributed by atoms with E-state index >= 15 is 0 Å². The molecule has 2 heterocycles. The van der Waals surface area contributed by atoms with E-state index in [1.165, 1.54) is 33.0 Å². The normalized spacial score (nSPS) is 18.7. The Kier molecular flexibility index (Phi) is 5.45. The van der Waals surface area contributed by atoms with Gasteiger partial charge in [-0.2, -0.15) is 0 Å². The van der Waals surface area contributed by atoms with Crippen LogP contribution in [0.4, 0.5) is 5.13 Å². The Hall–Kier alpha value is -1.77. The largest absolute Gasteiger partial charge is 0.302 e. The predicted molar refractivity (Wildman–Crippen MR) is 105 cm³/mol. The number of carbonyl (C=O) groups is 1. The monoisotopic (exact) mass is 393 g/mol. The van der Waals surface area contributed by atoms with E-state index < -0.39 is 10.0 Å². The van der Waals surface area contributed by atoms with Crippen molar-refractivity contribution in [2.45, 2.75) is 26.7 Å². The summed E-state index contributed by atoms with van der Waals surface area (Å²) in [6.45, 7) is 4.84. The van der Waals surface area contributed by atoms with Gasteiger partial charge in [-0.3, -0.25) is 4.79 Å². The summed E-state index contributed by atoms with van der Waals surface area (Å²) in [5, 5.41) is 5.31. The molecule has 0 saturated carbocycles. The third-order valence-corrected chi connectivity index (χ3v) is 6.79. The van der Waals surface area contributed by atoms with Gasteiger partial charge in [-0.1, -0.05) is 12.1 Å². The first kappa shape index (κ1) is 19.0. The molecule has 1 aliphatic heterocycles. The van der Waals surface area contributed by atoms with Crippen LogP contribution in [0.15, 0.2) is 23.6 Å². The van der Waals surface area contributed by atoms with Gasteiger partial charge in [-0.05, 0) is 43.9 Å². The Balaban J connectivity index is 1.68. The fraction of sp³-hybridized carbons (Fsp3) is 0.444. The van der Waals surface area contributed by atoms with Crippen molar-refractivity contribution < 1.29 is 13.2 Å². The molecule has 140 valence electrons. The van der Waals surface area contributed by atoms with Gasteiger partial charge in [0.05, 0.1) is 17.9 Å². The van der Waals surface area contributed by atoms with Gasteiger partial charge >= 0.3 is 0 Å². The van der Waals surface area contributed by atoms with E-state index in [1.54, 1.807) is 0 Å². The molecule has 1 saturated heterocycles. The van der Waals surface area contributed by atoms with Gasteiger partial charge in [0.15, 0.2) is 5.13 Å². The molecule has 1 amide bonds. The highest BCUT2D eigenvalue weighted by atomic mass is 32.2. The average Bonchev–Trinajstić information content (AvgIpc) is 3.05. The molecule has 8 heteroatoms. The fourth-order valence-electron chi connectivity index (χ4n) is 3.03. The Morgan fingerprint density at radius 1 is 1.31 bits per heavy atom. The predicted octanol–water partition coefficient (Wildman–Crippen LogP) is 3.04. The number of piperidine rings is 1. The maximum absolute atomic E-state index is 12.5. The number of nitrogens with one attached hydrogen (secondary N) is 1. The van der Waals surface area contributed by atoms with Crippen molar-refractivity contribution in [1.82, 2.24) is 9.29 Å². The quantitative estimate of drug-likeness (QED) is 0.866. The molecule has 1 fully saturated rings. The second-order valence-electron chi connectivity index (χ2n) is 6.79. The van der Waals surface area contributed by atoms with Gasteiger partial charge in [0.25, 0.3) is 0 Å². The van der Waals surface area contributed by atoms with Crippen LogP contribution in [-0.4, -0.2) is 43.0 Å². The number of rotatable bonds is 4. The molecule has 26 heavy (non-hydrogen) atoms. The van der Waals surface area contributed by atoms with Crippen molar-refractivity contribution in [2.24, 2.45) is 5.92 Å². The van der Waals surface area contributed by atoms with Crippen molar-refractivity contribution >= 4 is 32.4 Å². The molecule has 6 nitrogen and oxygen atoms in total. The first-order valence-corrected chi connectivity index (χ1v) is 11.3. The number of amides is 1. The van der Waals surface area contributed by atoms with Gasteiger partial charge in [0.2, 0.25) is 15.9 Å². The lowest BCUT2D eigenvalue weighted by Crippen LogP contribution is -2.43. The minimum absolute atomic E-state index is 0.167. The Bertz CT molecular complexity index is 922. The molecule has 1 aromatic heterocycles. The summed E-state index contributed by atoms with van der Waals surface area (Å²) >= 11 is 1.38. The zero-order valence-corrected chi connectivity index (χ0v) is 16.8. The van der Waals surface area contributed by atoms with Crippen molar-refractivity contribution in [3.63, 3.8) is 0 Å². The molecule has 0 bridgehead atoms. The number of nitrogens with zero attached hydrogens (tertiary/aromatic N) is 2. The number of hydrogen-bond acceptors (Lipinski definition) is 5. The van der Waals surface area contributed by atoms with E-state index in [1.807, 2.05) is 11.4 Å². The van der Waals surface area contributed by atoms with Crippen LogP contribution in [0.1, 0.15) is 24.0 Å². The standard InChI is InChI=1S/C18H23N3O3S2/c1-12-6-7-14(9-13(12)2)16-11-25-18(19-16)20-17(22)15-5-4-8-21(10-15)26(3,23)24/h6-7,9,11,15H,4-5,8,10H2,1-3H3,(H,19,20,22)/t15-/m0/s1. The first-order valence-electron chi connectivity index (χ1n) is 8.53. The third kappa shape index (κ3) is 4.31. The molecule has 2 aromatic rings. The summed E-state index contributed by atoms with van der Waals surface area (Å²) in [5.74, 6) is -0.508. The highest BCUT2D eigenvalue weighted by Gasteiger charge is 2.30. The van der Waals surface area contributed by atoms with E-state index in [0.29, 0.717) is 24.5 Å². The lowest BCUT2D eigenvalue weighted by Gasteiger charge is -2.29. The smallest absolute Gasteiger partial charge is 0.230 e. The van der Waals surface area contributed by atoms with E-state index in [4.69, 9.17) is 0 Å². The molecule has 0 radical (unpaired) electrons. The molecule has 1 N–H and O–H groups in total. The second-order valence-corrected chi connectivity index (χ2v) is 9.63. The van der Waals surface area contributed by atoms with Crippen molar-refractivity contribution in [1.29, 1.82) is 0 Å². The van der Waals surface area contributed by atoms with Gasteiger partial charge < -0.3 is 5.32 Å². The van der Waals surface area contributed by atoms with Crippen LogP contribution >= 0.6 is 11.3 Å². The summed E-state index contributed by atoms with van der Waals surface area (Å²) < 4.78 is 24.8. The highest BCUT2D eigenvalue weighted by molar-refractivity contribution is 7.88. The minimum atomic E-state index is -3.26. The summed E-state index contributed by atoms with van der Waals surface area (Å²) in [5.41, 5.74) is 4.27. The number of carbonyl (C=O) groups excluding carboxylic acids is 1. The maximum Gasteiger partial charge on any atom is 0.230 e. The first-order chi connectivity index (χ1) is 12.2. The van der Waals surface area contributed by atoms with Crippen LogP contribution in [0.5, 0.6) is 0 Å². The summed E-state index contributed by atoms with van der Waals surface area (Å²) in [7, 11) is -3.26. The van der Waals surface area contributed by atoms with E-state index in [9.17, 15) is 13.2 Å². The van der Waals surface area contributed by atoms with E-state index in [2.05, 4.69) is 36.3 Å². The van der Waals surface area contributed by atoms with E-state index in [-0.39, 0.29) is 18.4 Å². The maximum atomic E-state index is 12.5. The Morgan fingerprint density at radius 3 is 2.77 bits per heavy atom. The number of hydrogen-bond donors (Lipinski definition) is 1. The third-order valence-electron chi connectivity index (χ3n) is 4.76. The van der Waals surface area contributed by atoms with Crippen LogP contribution in [0, 0.1) is 19.8 Å². The van der Waals surface area contributed by atoms with E-state index in [0.717, 1.165) is 11.3 Å². The SMILES string of the molecule is Cc1ccc(-c2csc(NC(=O)[C@H]3CCCN(S(C)(=O)=O)C3)n2)cc1C. The fourth-order valence-corrected chi connectivity index (χ4v) is 4.66. The van der Waals surface area contributed by atoms with Crippen LogP contribution < -0.4 is 5.32 Å². The molecule has 1 aliphatic rings. The number of benzene rings is 1. The van der Waals surface area contributed by atoms with Crippen LogP contribution in [0.2, 0.25) is 0 Å². The zero-order valence-electron chi connectivity index (χ0n) is 15.2. The molecule has 3 rings (SSSR count). The molecular weight excluding hydrogens is 370 g/mol. The summed E-state index contributed by atoms with van der Waals surface area (Å²) in [6, 6.07) is 6.17. The molecule has 0 aliphatic carbocycles. The molecule has 0 unspecified atom stereocenters. The van der Waals surface area contributed by atoms with Gasteiger partial charge in [0, 0.05) is 24.0 Å². The number of aryl methyl sites for hydroxylation is 2. The average molecular weight is 394 g/mol. The molecule has 1 atom stereocenters. The Morgan fingerprint density at radius 2 is 2.08 bits per heavy atom. The zero-order chi connectivity index (χ0) is 18.9. The number of sulfonamides is 1. The summed E-state index contributed by atoms with van der Waals surface area (Å²) in [4.78, 5) is 17.0. The van der Waals surface area contributed by atoms with Crippen LogP contribution in [-0.2, 0) is 14.8 Å². The number of anilines is 1. The van der Waals surface area contributed by atoms with Crippen molar-refractivity contribution in [3.8, 4) is 11.3 Å². The van der Waals surface area contributed by atoms with Crippen LogP contribution in [0.25, 0.3) is 11.3 Å². The molecule has 1 aromatic carbocycles. The lowest BCUT2D eigenvalue weighted by molar-refractivity contribution is -0.120. The summed E-state index contributed by atoms with van der Waals surface area (Å²) in [6.07, 6.45) is 2.56. The van der Waals surface area contributed by atoms with Crippen molar-refractivity contribution in [3.05, 3.63) is 34.7 Å².